The molecular formula is C15H20N2O4S. The van der Waals surface area contributed by atoms with Crippen LogP contribution in [0.1, 0.15) is 25.8 Å². The molecule has 6 nitrogen and oxygen atoms in total. The van der Waals surface area contributed by atoms with Gasteiger partial charge in [-0.25, -0.2) is 8.42 Å². The summed E-state index contributed by atoms with van der Waals surface area (Å²) in [5, 5.41) is 2.77. The average molecular weight is 324 g/mol. The van der Waals surface area contributed by atoms with Crippen LogP contribution in [-0.2, 0) is 26.0 Å². The molecule has 0 radical (unpaired) electrons. The van der Waals surface area contributed by atoms with Crippen molar-refractivity contribution in [3.05, 3.63) is 23.8 Å². The Morgan fingerprint density at radius 2 is 2.05 bits per heavy atom. The number of carbonyl (C=O) groups is 1. The van der Waals surface area contributed by atoms with Gasteiger partial charge in [0.05, 0.1) is 17.6 Å². The van der Waals surface area contributed by atoms with E-state index in [9.17, 15) is 13.2 Å². The molecule has 0 aliphatic carbocycles. The first kappa shape index (κ1) is 15.5. The van der Waals surface area contributed by atoms with Crippen LogP contribution in [0.3, 0.4) is 0 Å². The second-order valence-corrected chi connectivity index (χ2v) is 7.83. The third-order valence-corrected chi connectivity index (χ3v) is 6.11. The van der Waals surface area contributed by atoms with Gasteiger partial charge in [0.1, 0.15) is 0 Å². The molecule has 2 heterocycles. The Kier molecular flexibility index (Phi) is 3.96. The van der Waals surface area contributed by atoms with E-state index in [2.05, 4.69) is 5.32 Å². The standard InChI is InChI=1S/C15H20N2O4S/c1-10-9-21-11(2)8-17(10)22(19,20)13-4-5-14-12(7-13)3-6-15(18)16-14/h4-5,7,10-11H,3,6,8-9H2,1-2H3,(H,16,18). The van der Waals surface area contributed by atoms with Crippen molar-refractivity contribution in [1.29, 1.82) is 0 Å². The van der Waals surface area contributed by atoms with E-state index in [1.165, 1.54) is 4.31 Å². The zero-order valence-electron chi connectivity index (χ0n) is 12.7. The summed E-state index contributed by atoms with van der Waals surface area (Å²) in [5.41, 5.74) is 1.58. The number of nitrogens with zero attached hydrogens (tertiary/aromatic N) is 1. The molecule has 1 fully saturated rings. The summed E-state index contributed by atoms with van der Waals surface area (Å²) in [5.74, 6) is -0.0290. The molecule has 2 atom stereocenters. The molecule has 0 aromatic heterocycles. The Labute approximate surface area is 130 Å². The van der Waals surface area contributed by atoms with Crippen molar-refractivity contribution < 1.29 is 17.9 Å². The van der Waals surface area contributed by atoms with E-state index in [-0.39, 0.29) is 22.9 Å². The Bertz CT molecular complexity index is 701. The molecule has 1 aromatic carbocycles. The molecule has 1 amide bonds. The van der Waals surface area contributed by atoms with Gasteiger partial charge in [0.15, 0.2) is 0 Å². The minimum Gasteiger partial charge on any atom is -0.375 e. The highest BCUT2D eigenvalue weighted by molar-refractivity contribution is 7.89. The van der Waals surface area contributed by atoms with E-state index in [1.807, 2.05) is 13.8 Å². The third-order valence-electron chi connectivity index (χ3n) is 4.13. The van der Waals surface area contributed by atoms with E-state index in [4.69, 9.17) is 4.74 Å². The van der Waals surface area contributed by atoms with Crippen molar-refractivity contribution in [3.63, 3.8) is 0 Å². The summed E-state index contributed by atoms with van der Waals surface area (Å²) in [6.45, 7) is 4.48. The molecule has 120 valence electrons. The summed E-state index contributed by atoms with van der Waals surface area (Å²) in [4.78, 5) is 11.7. The van der Waals surface area contributed by atoms with Gasteiger partial charge in [0, 0.05) is 24.7 Å². The Morgan fingerprint density at radius 1 is 1.27 bits per heavy atom. The van der Waals surface area contributed by atoms with Crippen molar-refractivity contribution in [3.8, 4) is 0 Å². The van der Waals surface area contributed by atoms with E-state index in [0.717, 1.165) is 5.56 Å². The summed E-state index contributed by atoms with van der Waals surface area (Å²) in [6.07, 6.45) is 0.851. The van der Waals surface area contributed by atoms with Crippen LogP contribution in [-0.4, -0.2) is 43.9 Å². The first-order chi connectivity index (χ1) is 10.4. The molecule has 0 bridgehead atoms. The maximum absolute atomic E-state index is 12.9. The summed E-state index contributed by atoms with van der Waals surface area (Å²) in [7, 11) is -3.55. The largest absolute Gasteiger partial charge is 0.375 e. The molecule has 0 saturated carbocycles. The molecule has 1 saturated heterocycles. The molecule has 22 heavy (non-hydrogen) atoms. The molecule has 3 rings (SSSR count). The smallest absolute Gasteiger partial charge is 0.243 e. The van der Waals surface area contributed by atoms with Crippen LogP contribution in [0.15, 0.2) is 23.1 Å². The molecule has 0 spiro atoms. The molecule has 1 N–H and O–H groups in total. The maximum Gasteiger partial charge on any atom is 0.243 e. The van der Waals surface area contributed by atoms with Crippen LogP contribution in [0.4, 0.5) is 5.69 Å². The number of morpholine rings is 1. The first-order valence-corrected chi connectivity index (χ1v) is 8.88. The predicted molar refractivity (Wildman–Crippen MR) is 82.2 cm³/mol. The van der Waals surface area contributed by atoms with Crippen molar-refractivity contribution in [2.45, 2.75) is 43.7 Å². The van der Waals surface area contributed by atoms with Gasteiger partial charge in [-0.05, 0) is 44.0 Å². The fourth-order valence-electron chi connectivity index (χ4n) is 2.86. The highest BCUT2D eigenvalue weighted by atomic mass is 32.2. The van der Waals surface area contributed by atoms with Crippen LogP contribution in [0, 0.1) is 0 Å². The Hall–Kier alpha value is -1.44. The van der Waals surface area contributed by atoms with Gasteiger partial charge >= 0.3 is 0 Å². The number of amides is 1. The van der Waals surface area contributed by atoms with E-state index in [0.29, 0.717) is 31.7 Å². The zero-order chi connectivity index (χ0) is 15.9. The van der Waals surface area contributed by atoms with Gasteiger partial charge in [-0.15, -0.1) is 0 Å². The van der Waals surface area contributed by atoms with Crippen LogP contribution in [0.25, 0.3) is 0 Å². The number of aryl methyl sites for hydroxylation is 1. The van der Waals surface area contributed by atoms with Crippen molar-refractivity contribution in [1.82, 2.24) is 4.31 Å². The molecule has 2 aliphatic rings. The van der Waals surface area contributed by atoms with Gasteiger partial charge < -0.3 is 10.1 Å². The number of carbonyl (C=O) groups excluding carboxylic acids is 1. The van der Waals surface area contributed by atoms with E-state index >= 15 is 0 Å². The first-order valence-electron chi connectivity index (χ1n) is 7.44. The second kappa shape index (κ2) is 5.64. The molecule has 1 aromatic rings. The molecule has 2 aliphatic heterocycles. The highest BCUT2D eigenvalue weighted by Gasteiger charge is 2.34. The number of benzene rings is 1. The number of hydrogen-bond donors (Lipinski definition) is 1. The van der Waals surface area contributed by atoms with Crippen LogP contribution in [0.5, 0.6) is 0 Å². The number of hydrogen-bond acceptors (Lipinski definition) is 4. The number of sulfonamides is 1. The van der Waals surface area contributed by atoms with E-state index in [1.54, 1.807) is 18.2 Å². The SMILES string of the molecule is CC1CN(S(=O)(=O)c2ccc3c(c2)CCC(=O)N3)C(C)CO1. The lowest BCUT2D eigenvalue weighted by Crippen LogP contribution is -2.50. The van der Waals surface area contributed by atoms with Crippen molar-refractivity contribution >= 4 is 21.6 Å². The molecular weight excluding hydrogens is 304 g/mol. The minimum atomic E-state index is -3.55. The van der Waals surface area contributed by atoms with Gasteiger partial charge in [-0.3, -0.25) is 4.79 Å². The molecule has 7 heteroatoms. The predicted octanol–water partition coefficient (Wildman–Crippen LogP) is 1.37. The van der Waals surface area contributed by atoms with Crippen LogP contribution < -0.4 is 5.32 Å². The monoisotopic (exact) mass is 324 g/mol. The van der Waals surface area contributed by atoms with Crippen LogP contribution >= 0.6 is 0 Å². The lowest BCUT2D eigenvalue weighted by atomic mass is 10.0. The van der Waals surface area contributed by atoms with Gasteiger partial charge in [0.25, 0.3) is 0 Å². The number of ether oxygens (including phenoxy) is 1. The quantitative estimate of drug-likeness (QED) is 0.891. The summed E-state index contributed by atoms with van der Waals surface area (Å²) >= 11 is 0. The lowest BCUT2D eigenvalue weighted by molar-refractivity contribution is -0.116. The fraction of sp³-hybridized carbons (Fsp3) is 0.533. The number of anilines is 1. The minimum absolute atomic E-state index is 0.0290. The zero-order valence-corrected chi connectivity index (χ0v) is 13.5. The topological polar surface area (TPSA) is 75.7 Å². The van der Waals surface area contributed by atoms with E-state index < -0.39 is 10.0 Å². The van der Waals surface area contributed by atoms with Crippen molar-refractivity contribution in [2.24, 2.45) is 0 Å². The number of fused-ring (bicyclic) bond motifs is 1. The van der Waals surface area contributed by atoms with Gasteiger partial charge in [-0.1, -0.05) is 0 Å². The third kappa shape index (κ3) is 2.76. The summed E-state index contributed by atoms with van der Waals surface area (Å²) in [6, 6.07) is 4.73. The summed E-state index contributed by atoms with van der Waals surface area (Å²) < 4.78 is 32.8. The second-order valence-electron chi connectivity index (χ2n) is 5.93. The number of nitrogens with one attached hydrogen (secondary N) is 1. The normalized spacial score (nSPS) is 26.4. The maximum atomic E-state index is 12.9. The average Bonchev–Trinajstić information content (AvgIpc) is 2.49. The Morgan fingerprint density at radius 3 is 2.82 bits per heavy atom. The van der Waals surface area contributed by atoms with Gasteiger partial charge in [0.2, 0.25) is 15.9 Å². The molecule has 2 unspecified atom stereocenters. The highest BCUT2D eigenvalue weighted by Crippen LogP contribution is 2.28. The fourth-order valence-corrected chi connectivity index (χ4v) is 4.61. The lowest BCUT2D eigenvalue weighted by Gasteiger charge is -2.35. The van der Waals surface area contributed by atoms with Gasteiger partial charge in [-0.2, -0.15) is 4.31 Å². The number of rotatable bonds is 2. The van der Waals surface area contributed by atoms with Crippen molar-refractivity contribution in [2.75, 3.05) is 18.5 Å². The Balaban J connectivity index is 1.94. The van der Waals surface area contributed by atoms with Crippen LogP contribution in [0.2, 0.25) is 0 Å².